The average Bonchev–Trinajstić information content (AvgIpc) is 3.01. The molecule has 3 aromatic rings. The average molecular weight is 324 g/mol. The Bertz CT molecular complexity index is 826. The predicted molar refractivity (Wildman–Crippen MR) is 89.1 cm³/mol. The number of esters is 1. The Morgan fingerprint density at radius 3 is 2.50 bits per heavy atom. The van der Waals surface area contributed by atoms with E-state index in [1.54, 1.807) is 29.8 Å². The lowest BCUT2D eigenvalue weighted by Crippen LogP contribution is -2.08. The molecule has 2 aromatic carbocycles. The molecule has 0 aliphatic heterocycles. The fourth-order valence-corrected chi connectivity index (χ4v) is 2.45. The quantitative estimate of drug-likeness (QED) is 0.668. The van der Waals surface area contributed by atoms with Gasteiger partial charge in [0.15, 0.2) is 5.69 Å². The first-order chi connectivity index (χ1) is 11.7. The number of hydrogen-bond acceptors (Lipinski definition) is 3. The Balaban J connectivity index is 2.01. The molecule has 0 bridgehead atoms. The van der Waals surface area contributed by atoms with Crippen molar-refractivity contribution in [2.75, 3.05) is 6.61 Å². The Labute approximate surface area is 139 Å². The molecule has 5 heteroatoms. The van der Waals surface area contributed by atoms with Crippen LogP contribution in [0.15, 0.2) is 60.7 Å². The van der Waals surface area contributed by atoms with Gasteiger partial charge in [-0.1, -0.05) is 30.3 Å². The number of nitrogens with zero attached hydrogens (tertiary/aromatic N) is 2. The van der Waals surface area contributed by atoms with Gasteiger partial charge in [0.25, 0.3) is 0 Å². The van der Waals surface area contributed by atoms with Crippen molar-refractivity contribution in [3.8, 4) is 11.3 Å². The number of halogens is 1. The van der Waals surface area contributed by atoms with E-state index in [2.05, 4.69) is 5.10 Å². The summed E-state index contributed by atoms with van der Waals surface area (Å²) in [7, 11) is 0. The van der Waals surface area contributed by atoms with Gasteiger partial charge in [0, 0.05) is 5.56 Å². The highest BCUT2D eigenvalue weighted by Gasteiger charge is 2.16. The van der Waals surface area contributed by atoms with Crippen LogP contribution in [0.1, 0.15) is 23.0 Å². The molecular weight excluding hydrogens is 307 g/mol. The van der Waals surface area contributed by atoms with E-state index in [0.717, 1.165) is 16.8 Å². The van der Waals surface area contributed by atoms with Crippen LogP contribution in [0.25, 0.3) is 11.3 Å². The summed E-state index contributed by atoms with van der Waals surface area (Å²) in [6.45, 7) is 2.54. The summed E-state index contributed by atoms with van der Waals surface area (Å²) in [5.41, 5.74) is 2.82. The van der Waals surface area contributed by atoms with Gasteiger partial charge in [-0.15, -0.1) is 0 Å². The van der Waals surface area contributed by atoms with Crippen LogP contribution in [0.5, 0.6) is 0 Å². The number of hydrogen-bond donors (Lipinski definition) is 0. The van der Waals surface area contributed by atoms with Crippen LogP contribution in [0.2, 0.25) is 0 Å². The molecule has 4 nitrogen and oxygen atoms in total. The second-order valence-corrected chi connectivity index (χ2v) is 5.29. The summed E-state index contributed by atoms with van der Waals surface area (Å²) >= 11 is 0. The monoisotopic (exact) mass is 324 g/mol. The topological polar surface area (TPSA) is 44.1 Å². The van der Waals surface area contributed by atoms with E-state index in [0.29, 0.717) is 6.54 Å². The molecule has 0 atom stereocenters. The smallest absolute Gasteiger partial charge is 0.358 e. The van der Waals surface area contributed by atoms with Gasteiger partial charge in [-0.3, -0.25) is 4.68 Å². The second kappa shape index (κ2) is 7.08. The van der Waals surface area contributed by atoms with Crippen molar-refractivity contribution in [3.63, 3.8) is 0 Å². The summed E-state index contributed by atoms with van der Waals surface area (Å²) < 4.78 is 19.9. The molecule has 0 saturated carbocycles. The summed E-state index contributed by atoms with van der Waals surface area (Å²) in [6, 6.07) is 17.6. The molecule has 3 rings (SSSR count). The molecule has 0 amide bonds. The predicted octanol–water partition coefficient (Wildman–Crippen LogP) is 3.91. The zero-order chi connectivity index (χ0) is 16.9. The molecule has 1 aromatic heterocycles. The first-order valence-corrected chi connectivity index (χ1v) is 7.72. The van der Waals surface area contributed by atoms with Crippen molar-refractivity contribution in [1.29, 1.82) is 0 Å². The highest BCUT2D eigenvalue weighted by molar-refractivity contribution is 5.88. The Hall–Kier alpha value is -2.95. The molecule has 0 saturated heterocycles. The number of carbonyl (C=O) groups is 1. The van der Waals surface area contributed by atoms with Crippen LogP contribution in [-0.2, 0) is 11.3 Å². The van der Waals surface area contributed by atoms with Crippen molar-refractivity contribution in [2.45, 2.75) is 13.5 Å². The third-order valence-electron chi connectivity index (χ3n) is 3.58. The second-order valence-electron chi connectivity index (χ2n) is 5.29. The van der Waals surface area contributed by atoms with Crippen LogP contribution in [0.3, 0.4) is 0 Å². The van der Waals surface area contributed by atoms with Crippen molar-refractivity contribution >= 4 is 5.97 Å². The molecule has 122 valence electrons. The molecule has 24 heavy (non-hydrogen) atoms. The number of ether oxygens (including phenoxy) is 1. The standard InChI is InChI=1S/C19H17FN2O2/c1-2-24-19(23)17-12-18(15-8-10-16(20)11-9-15)22(21-17)13-14-6-4-3-5-7-14/h3-12H,2,13H2,1H3. The third-order valence-corrected chi connectivity index (χ3v) is 3.58. The van der Waals surface area contributed by atoms with E-state index in [1.165, 1.54) is 12.1 Å². The van der Waals surface area contributed by atoms with Gasteiger partial charge in [0.05, 0.1) is 18.8 Å². The SMILES string of the molecule is CCOC(=O)c1cc(-c2ccc(F)cc2)n(Cc2ccccc2)n1. The molecule has 1 heterocycles. The van der Waals surface area contributed by atoms with Crippen LogP contribution >= 0.6 is 0 Å². The van der Waals surface area contributed by atoms with Gasteiger partial charge in [-0.05, 0) is 42.8 Å². The first-order valence-electron chi connectivity index (χ1n) is 7.72. The maximum Gasteiger partial charge on any atom is 0.358 e. The van der Waals surface area contributed by atoms with Crippen molar-refractivity contribution in [2.24, 2.45) is 0 Å². The normalized spacial score (nSPS) is 10.6. The maximum absolute atomic E-state index is 13.2. The number of benzene rings is 2. The number of rotatable bonds is 5. The van der Waals surface area contributed by atoms with E-state index < -0.39 is 5.97 Å². The lowest BCUT2D eigenvalue weighted by Gasteiger charge is -2.07. The molecule has 0 unspecified atom stereocenters. The lowest BCUT2D eigenvalue weighted by molar-refractivity contribution is 0.0518. The fraction of sp³-hybridized carbons (Fsp3) is 0.158. The fourth-order valence-electron chi connectivity index (χ4n) is 2.45. The van der Waals surface area contributed by atoms with E-state index in [4.69, 9.17) is 4.74 Å². The number of aromatic nitrogens is 2. The van der Waals surface area contributed by atoms with Crippen molar-refractivity contribution in [1.82, 2.24) is 9.78 Å². The lowest BCUT2D eigenvalue weighted by atomic mass is 10.1. The molecule has 0 radical (unpaired) electrons. The zero-order valence-corrected chi connectivity index (χ0v) is 13.3. The zero-order valence-electron chi connectivity index (χ0n) is 13.3. The molecule has 0 aliphatic rings. The van der Waals surface area contributed by atoms with Crippen LogP contribution in [-0.4, -0.2) is 22.4 Å². The molecular formula is C19H17FN2O2. The van der Waals surface area contributed by atoms with Gasteiger partial charge >= 0.3 is 5.97 Å². The van der Waals surface area contributed by atoms with E-state index in [9.17, 15) is 9.18 Å². The maximum atomic E-state index is 13.2. The summed E-state index contributed by atoms with van der Waals surface area (Å²) in [6.07, 6.45) is 0. The van der Waals surface area contributed by atoms with Crippen LogP contribution in [0, 0.1) is 5.82 Å². The largest absolute Gasteiger partial charge is 0.461 e. The van der Waals surface area contributed by atoms with Crippen molar-refractivity contribution in [3.05, 3.63) is 77.7 Å². The van der Waals surface area contributed by atoms with E-state index in [-0.39, 0.29) is 18.1 Å². The van der Waals surface area contributed by atoms with Gasteiger partial charge in [0.2, 0.25) is 0 Å². The summed E-state index contributed by atoms with van der Waals surface area (Å²) in [5, 5.41) is 4.37. The van der Waals surface area contributed by atoms with Crippen LogP contribution < -0.4 is 0 Å². The molecule has 0 fully saturated rings. The molecule has 0 N–H and O–H groups in total. The van der Waals surface area contributed by atoms with Crippen molar-refractivity contribution < 1.29 is 13.9 Å². The molecule has 0 aliphatic carbocycles. The Kier molecular flexibility index (Phi) is 4.70. The summed E-state index contributed by atoms with van der Waals surface area (Å²) in [5.74, 6) is -0.772. The highest BCUT2D eigenvalue weighted by Crippen LogP contribution is 2.22. The van der Waals surface area contributed by atoms with Crippen LogP contribution in [0.4, 0.5) is 4.39 Å². The third kappa shape index (κ3) is 3.51. The van der Waals surface area contributed by atoms with Gasteiger partial charge in [-0.25, -0.2) is 9.18 Å². The van der Waals surface area contributed by atoms with E-state index >= 15 is 0 Å². The van der Waals surface area contributed by atoms with E-state index in [1.807, 2.05) is 30.3 Å². The summed E-state index contributed by atoms with van der Waals surface area (Å²) in [4.78, 5) is 12.0. The van der Waals surface area contributed by atoms with Gasteiger partial charge < -0.3 is 4.74 Å². The first kappa shape index (κ1) is 15.9. The minimum absolute atomic E-state index is 0.243. The number of carbonyl (C=O) groups excluding carboxylic acids is 1. The Morgan fingerprint density at radius 2 is 1.83 bits per heavy atom. The molecule has 0 spiro atoms. The Morgan fingerprint density at radius 1 is 1.12 bits per heavy atom. The van der Waals surface area contributed by atoms with Gasteiger partial charge in [-0.2, -0.15) is 5.10 Å². The highest BCUT2D eigenvalue weighted by atomic mass is 19.1. The minimum Gasteiger partial charge on any atom is -0.461 e. The van der Waals surface area contributed by atoms with Gasteiger partial charge in [0.1, 0.15) is 5.82 Å². The minimum atomic E-state index is -0.465.